The predicted octanol–water partition coefficient (Wildman–Crippen LogP) is -0.650. The first-order valence-electron chi connectivity index (χ1n) is 5.50. The van der Waals surface area contributed by atoms with Gasteiger partial charge in [0.1, 0.15) is 6.61 Å². The number of aromatic nitrogens is 2. The number of rotatable bonds is 3. The van der Waals surface area contributed by atoms with Gasteiger partial charge in [0, 0.05) is 32.1 Å². The van der Waals surface area contributed by atoms with Gasteiger partial charge in [-0.3, -0.25) is 0 Å². The Labute approximate surface area is 94.8 Å². The Morgan fingerprint density at radius 2 is 2.25 bits per heavy atom. The Bertz CT molecular complexity index is 341. The Hall–Kier alpha value is -0.980. The molecule has 6 nitrogen and oxygen atoms in total. The van der Waals surface area contributed by atoms with E-state index in [4.69, 9.17) is 9.63 Å². The van der Waals surface area contributed by atoms with Gasteiger partial charge in [-0.15, -0.1) is 0 Å². The molecule has 1 N–H and O–H groups in total. The van der Waals surface area contributed by atoms with Crippen molar-refractivity contribution in [1.29, 1.82) is 0 Å². The molecule has 0 spiro atoms. The largest absolute Gasteiger partial charge is 0.387 e. The molecule has 0 radical (unpaired) electrons. The van der Waals surface area contributed by atoms with E-state index in [-0.39, 0.29) is 6.61 Å². The number of likely N-dealkylation sites (N-methyl/N-ethyl adjacent to an activating group) is 2. The molecule has 0 aliphatic carbocycles. The smallest absolute Gasteiger partial charge is 0.252 e. The molecule has 0 amide bonds. The molecule has 1 unspecified atom stereocenters. The minimum Gasteiger partial charge on any atom is -0.387 e. The highest BCUT2D eigenvalue weighted by molar-refractivity contribution is 4.92. The van der Waals surface area contributed by atoms with Crippen LogP contribution in [0.4, 0.5) is 0 Å². The number of nitrogens with zero attached hydrogens (tertiary/aromatic N) is 4. The molecular formula is C10H18N4O2. The maximum Gasteiger partial charge on any atom is 0.252 e. The van der Waals surface area contributed by atoms with Crippen LogP contribution in [0.5, 0.6) is 0 Å². The Morgan fingerprint density at radius 3 is 2.94 bits per heavy atom. The number of hydrogen-bond acceptors (Lipinski definition) is 6. The molecule has 0 aromatic carbocycles. The molecule has 1 fully saturated rings. The number of aliphatic hydroxyl groups is 1. The van der Waals surface area contributed by atoms with Crippen LogP contribution < -0.4 is 0 Å². The van der Waals surface area contributed by atoms with Gasteiger partial charge < -0.3 is 19.4 Å². The van der Waals surface area contributed by atoms with Crippen molar-refractivity contribution in [1.82, 2.24) is 19.9 Å². The SMILES string of the molecule is CN1CCN(C)C(Cc2noc(CO)n2)C1. The minimum absolute atomic E-state index is 0.187. The summed E-state index contributed by atoms with van der Waals surface area (Å²) in [5.41, 5.74) is 0. The summed E-state index contributed by atoms with van der Waals surface area (Å²) < 4.78 is 4.87. The van der Waals surface area contributed by atoms with E-state index in [2.05, 4.69) is 34.0 Å². The fourth-order valence-electron chi connectivity index (χ4n) is 1.97. The molecule has 1 aromatic rings. The van der Waals surface area contributed by atoms with Crippen LogP contribution in [0.25, 0.3) is 0 Å². The van der Waals surface area contributed by atoms with E-state index in [1.807, 2.05) is 0 Å². The molecule has 1 atom stereocenters. The number of aliphatic hydroxyl groups excluding tert-OH is 1. The van der Waals surface area contributed by atoms with E-state index in [0.29, 0.717) is 17.8 Å². The first-order valence-corrected chi connectivity index (χ1v) is 5.50. The molecule has 1 aliphatic rings. The van der Waals surface area contributed by atoms with E-state index >= 15 is 0 Å². The van der Waals surface area contributed by atoms with Crippen molar-refractivity contribution >= 4 is 0 Å². The zero-order chi connectivity index (χ0) is 11.5. The molecule has 0 bridgehead atoms. The van der Waals surface area contributed by atoms with Crippen LogP contribution in [0.15, 0.2) is 4.52 Å². The third kappa shape index (κ3) is 2.58. The van der Waals surface area contributed by atoms with E-state index in [9.17, 15) is 0 Å². The summed E-state index contributed by atoms with van der Waals surface area (Å²) >= 11 is 0. The molecule has 1 saturated heterocycles. The van der Waals surface area contributed by atoms with Gasteiger partial charge in [-0.25, -0.2) is 0 Å². The highest BCUT2D eigenvalue weighted by Gasteiger charge is 2.24. The third-order valence-electron chi connectivity index (χ3n) is 3.04. The van der Waals surface area contributed by atoms with Crippen molar-refractivity contribution in [3.63, 3.8) is 0 Å². The van der Waals surface area contributed by atoms with Crippen molar-refractivity contribution in [3.8, 4) is 0 Å². The summed E-state index contributed by atoms with van der Waals surface area (Å²) in [5.74, 6) is 0.970. The Balaban J connectivity index is 1.97. The molecule has 2 rings (SSSR count). The van der Waals surface area contributed by atoms with Crippen molar-refractivity contribution in [2.45, 2.75) is 19.1 Å². The van der Waals surface area contributed by atoms with Crippen molar-refractivity contribution < 1.29 is 9.63 Å². The van der Waals surface area contributed by atoms with Crippen LogP contribution in [0, 0.1) is 0 Å². The molecule has 1 aliphatic heterocycles. The molecule has 2 heterocycles. The standard InChI is InChI=1S/C10H18N4O2/c1-13-3-4-14(2)8(6-13)5-9-11-10(7-15)16-12-9/h8,15H,3-7H2,1-2H3. The molecule has 1 aromatic heterocycles. The first-order chi connectivity index (χ1) is 7.69. The van der Waals surface area contributed by atoms with E-state index in [0.717, 1.165) is 26.1 Å². The second kappa shape index (κ2) is 4.90. The Morgan fingerprint density at radius 1 is 1.44 bits per heavy atom. The summed E-state index contributed by atoms with van der Waals surface area (Å²) in [6.07, 6.45) is 0.768. The van der Waals surface area contributed by atoms with Gasteiger partial charge in [0.25, 0.3) is 5.89 Å². The van der Waals surface area contributed by atoms with Crippen LogP contribution in [-0.4, -0.2) is 64.8 Å². The van der Waals surface area contributed by atoms with E-state index < -0.39 is 0 Å². The normalized spacial score (nSPS) is 23.8. The lowest BCUT2D eigenvalue weighted by Gasteiger charge is -2.37. The third-order valence-corrected chi connectivity index (χ3v) is 3.04. The zero-order valence-corrected chi connectivity index (χ0v) is 9.76. The monoisotopic (exact) mass is 226 g/mol. The molecule has 6 heteroatoms. The molecule has 16 heavy (non-hydrogen) atoms. The van der Waals surface area contributed by atoms with Gasteiger partial charge in [-0.05, 0) is 14.1 Å². The van der Waals surface area contributed by atoms with Crippen molar-refractivity contribution in [2.24, 2.45) is 0 Å². The lowest BCUT2D eigenvalue weighted by atomic mass is 10.1. The van der Waals surface area contributed by atoms with Crippen LogP contribution in [-0.2, 0) is 13.0 Å². The molecular weight excluding hydrogens is 208 g/mol. The molecule has 0 saturated carbocycles. The van der Waals surface area contributed by atoms with Crippen LogP contribution >= 0.6 is 0 Å². The quantitative estimate of drug-likeness (QED) is 0.739. The zero-order valence-electron chi connectivity index (χ0n) is 9.76. The average Bonchev–Trinajstić information content (AvgIpc) is 2.71. The van der Waals surface area contributed by atoms with Gasteiger partial charge in [0.15, 0.2) is 5.82 Å². The van der Waals surface area contributed by atoms with Crippen LogP contribution in [0.1, 0.15) is 11.7 Å². The number of hydrogen-bond donors (Lipinski definition) is 1. The summed E-state index contributed by atoms with van der Waals surface area (Å²) in [6.45, 7) is 2.99. The summed E-state index contributed by atoms with van der Waals surface area (Å²) in [6, 6.07) is 0.419. The summed E-state index contributed by atoms with van der Waals surface area (Å²) in [5, 5.41) is 12.7. The first kappa shape index (κ1) is 11.5. The lowest BCUT2D eigenvalue weighted by Crippen LogP contribution is -2.50. The second-order valence-electron chi connectivity index (χ2n) is 4.36. The summed E-state index contributed by atoms with van der Waals surface area (Å²) in [4.78, 5) is 8.73. The van der Waals surface area contributed by atoms with Crippen molar-refractivity contribution in [3.05, 3.63) is 11.7 Å². The van der Waals surface area contributed by atoms with Crippen LogP contribution in [0.2, 0.25) is 0 Å². The average molecular weight is 226 g/mol. The highest BCUT2D eigenvalue weighted by atomic mass is 16.5. The Kier molecular flexibility index (Phi) is 3.52. The van der Waals surface area contributed by atoms with Gasteiger partial charge in [0.05, 0.1) is 0 Å². The summed E-state index contributed by atoms with van der Waals surface area (Å²) in [7, 11) is 4.24. The fourth-order valence-corrected chi connectivity index (χ4v) is 1.97. The van der Waals surface area contributed by atoms with Gasteiger partial charge >= 0.3 is 0 Å². The predicted molar refractivity (Wildman–Crippen MR) is 57.8 cm³/mol. The maximum atomic E-state index is 8.84. The number of piperazine rings is 1. The van der Waals surface area contributed by atoms with E-state index in [1.165, 1.54) is 0 Å². The maximum absolute atomic E-state index is 8.84. The van der Waals surface area contributed by atoms with Gasteiger partial charge in [-0.1, -0.05) is 5.16 Å². The second-order valence-corrected chi connectivity index (χ2v) is 4.36. The topological polar surface area (TPSA) is 65.6 Å². The van der Waals surface area contributed by atoms with Crippen LogP contribution in [0.3, 0.4) is 0 Å². The van der Waals surface area contributed by atoms with Gasteiger partial charge in [0.2, 0.25) is 0 Å². The lowest BCUT2D eigenvalue weighted by molar-refractivity contribution is 0.113. The minimum atomic E-state index is -0.187. The van der Waals surface area contributed by atoms with Gasteiger partial charge in [-0.2, -0.15) is 4.98 Å². The molecule has 90 valence electrons. The van der Waals surface area contributed by atoms with E-state index in [1.54, 1.807) is 0 Å². The van der Waals surface area contributed by atoms with Crippen molar-refractivity contribution in [2.75, 3.05) is 33.7 Å². The highest BCUT2D eigenvalue weighted by Crippen LogP contribution is 2.10. The fraction of sp³-hybridized carbons (Fsp3) is 0.800.